The monoisotopic (exact) mass is 378 g/mol. The highest BCUT2D eigenvalue weighted by Gasteiger charge is 2.18. The summed E-state index contributed by atoms with van der Waals surface area (Å²) in [7, 11) is 0. The second kappa shape index (κ2) is 9.53. The summed E-state index contributed by atoms with van der Waals surface area (Å²) in [4.78, 5) is 24.5. The van der Waals surface area contributed by atoms with Gasteiger partial charge in [-0.2, -0.15) is 0 Å². The predicted octanol–water partition coefficient (Wildman–Crippen LogP) is 3.77. The third-order valence-electron chi connectivity index (χ3n) is 4.12. The number of anilines is 1. The average Bonchev–Trinajstić information content (AvgIpc) is 3.24. The predicted molar refractivity (Wildman–Crippen MR) is 106 cm³/mol. The first-order chi connectivity index (χ1) is 13.7. The van der Waals surface area contributed by atoms with Gasteiger partial charge in [0.25, 0.3) is 0 Å². The lowest BCUT2D eigenvalue weighted by molar-refractivity contribution is -0.115. The van der Waals surface area contributed by atoms with Crippen LogP contribution in [0.3, 0.4) is 0 Å². The minimum absolute atomic E-state index is 0.0391. The quantitative estimate of drug-likeness (QED) is 0.583. The van der Waals surface area contributed by atoms with Crippen LogP contribution in [-0.2, 0) is 9.53 Å². The summed E-state index contributed by atoms with van der Waals surface area (Å²) < 4.78 is 10.6. The Kier molecular flexibility index (Phi) is 6.59. The van der Waals surface area contributed by atoms with Gasteiger partial charge in [0.15, 0.2) is 0 Å². The van der Waals surface area contributed by atoms with E-state index in [-0.39, 0.29) is 25.1 Å². The number of esters is 1. The lowest BCUT2D eigenvalue weighted by atomic mass is 10.0. The van der Waals surface area contributed by atoms with Crippen molar-refractivity contribution in [2.45, 2.75) is 13.0 Å². The first-order valence-electron chi connectivity index (χ1n) is 9.06. The Hall–Kier alpha value is -3.38. The number of nitrogens with one attached hydrogen (secondary N) is 2. The summed E-state index contributed by atoms with van der Waals surface area (Å²) in [6.45, 7) is 2.05. The topological polar surface area (TPSA) is 80.6 Å². The van der Waals surface area contributed by atoms with E-state index in [9.17, 15) is 9.59 Å². The van der Waals surface area contributed by atoms with Crippen molar-refractivity contribution in [1.29, 1.82) is 0 Å². The second-order valence-electron chi connectivity index (χ2n) is 6.05. The summed E-state index contributed by atoms with van der Waals surface area (Å²) in [5.41, 5.74) is 1.72. The summed E-state index contributed by atoms with van der Waals surface area (Å²) >= 11 is 0. The number of hydrogen-bond donors (Lipinski definition) is 2. The SMILES string of the molecule is CCOC(=O)c1ccccc1NC(=O)CN[C@H](c1ccccc1)c1ccco1. The third kappa shape index (κ3) is 4.86. The summed E-state index contributed by atoms with van der Waals surface area (Å²) in [6.07, 6.45) is 1.60. The van der Waals surface area contributed by atoms with E-state index in [4.69, 9.17) is 9.15 Å². The Morgan fingerprint density at radius 3 is 2.46 bits per heavy atom. The van der Waals surface area contributed by atoms with Gasteiger partial charge in [-0.3, -0.25) is 10.1 Å². The molecule has 0 aliphatic rings. The molecular formula is C22H22N2O4. The zero-order valence-corrected chi connectivity index (χ0v) is 15.6. The molecule has 1 amide bonds. The van der Waals surface area contributed by atoms with Crippen LogP contribution in [0.2, 0.25) is 0 Å². The van der Waals surface area contributed by atoms with Crippen molar-refractivity contribution in [3.63, 3.8) is 0 Å². The van der Waals surface area contributed by atoms with Crippen molar-refractivity contribution >= 4 is 17.6 Å². The minimum atomic E-state index is -0.468. The van der Waals surface area contributed by atoms with Gasteiger partial charge in [-0.05, 0) is 36.8 Å². The van der Waals surface area contributed by atoms with E-state index in [1.54, 1.807) is 37.5 Å². The smallest absolute Gasteiger partial charge is 0.340 e. The van der Waals surface area contributed by atoms with Crippen molar-refractivity contribution < 1.29 is 18.7 Å². The largest absolute Gasteiger partial charge is 0.467 e. The van der Waals surface area contributed by atoms with E-state index in [0.717, 1.165) is 5.56 Å². The van der Waals surface area contributed by atoms with E-state index < -0.39 is 5.97 Å². The van der Waals surface area contributed by atoms with E-state index in [1.807, 2.05) is 42.5 Å². The van der Waals surface area contributed by atoms with Crippen LogP contribution in [-0.4, -0.2) is 25.0 Å². The molecule has 2 N–H and O–H groups in total. The molecule has 28 heavy (non-hydrogen) atoms. The minimum Gasteiger partial charge on any atom is -0.467 e. The number of para-hydroxylation sites is 1. The molecule has 0 spiro atoms. The normalized spacial score (nSPS) is 11.6. The highest BCUT2D eigenvalue weighted by atomic mass is 16.5. The molecule has 0 radical (unpaired) electrons. The third-order valence-corrected chi connectivity index (χ3v) is 4.12. The first-order valence-corrected chi connectivity index (χ1v) is 9.06. The number of ether oxygens (including phenoxy) is 1. The molecular weight excluding hydrogens is 356 g/mol. The molecule has 0 aliphatic carbocycles. The van der Waals surface area contributed by atoms with E-state index >= 15 is 0 Å². The van der Waals surface area contributed by atoms with Gasteiger partial charge in [-0.15, -0.1) is 0 Å². The number of furan rings is 1. The van der Waals surface area contributed by atoms with Crippen molar-refractivity contribution in [3.05, 3.63) is 89.9 Å². The molecule has 1 aromatic heterocycles. The van der Waals surface area contributed by atoms with Crippen LogP contribution in [0.5, 0.6) is 0 Å². The van der Waals surface area contributed by atoms with Crippen LogP contribution in [0.15, 0.2) is 77.4 Å². The zero-order valence-electron chi connectivity index (χ0n) is 15.6. The molecule has 3 rings (SSSR count). The van der Waals surface area contributed by atoms with Crippen LogP contribution < -0.4 is 10.6 Å². The second-order valence-corrected chi connectivity index (χ2v) is 6.05. The van der Waals surface area contributed by atoms with Crippen LogP contribution >= 0.6 is 0 Å². The number of hydrogen-bond acceptors (Lipinski definition) is 5. The number of benzene rings is 2. The standard InChI is InChI=1S/C22H22N2O4/c1-2-27-22(26)17-11-6-7-12-18(17)24-20(25)15-23-21(19-13-8-14-28-19)16-9-4-3-5-10-16/h3-14,21,23H,2,15H2,1H3,(H,24,25)/t21-/m1/s1. The van der Waals surface area contributed by atoms with Crippen LogP contribution in [0, 0.1) is 0 Å². The summed E-state index contributed by atoms with van der Waals surface area (Å²) in [6, 6.07) is 19.9. The Labute approximate surface area is 163 Å². The molecule has 2 aromatic carbocycles. The number of carbonyl (C=O) groups excluding carboxylic acids is 2. The van der Waals surface area contributed by atoms with Gasteiger partial charge in [0, 0.05) is 0 Å². The molecule has 6 nitrogen and oxygen atoms in total. The number of carbonyl (C=O) groups is 2. The number of amides is 1. The Bertz CT molecular complexity index is 907. The van der Waals surface area contributed by atoms with Gasteiger partial charge >= 0.3 is 5.97 Å². The molecule has 144 valence electrons. The van der Waals surface area contributed by atoms with Gasteiger partial charge in [-0.1, -0.05) is 42.5 Å². The van der Waals surface area contributed by atoms with Crippen molar-refractivity contribution in [3.8, 4) is 0 Å². The van der Waals surface area contributed by atoms with Crippen molar-refractivity contribution in [2.24, 2.45) is 0 Å². The molecule has 0 unspecified atom stereocenters. The lowest BCUT2D eigenvalue weighted by Gasteiger charge is -2.17. The van der Waals surface area contributed by atoms with Gasteiger partial charge < -0.3 is 14.5 Å². The highest BCUT2D eigenvalue weighted by Crippen LogP contribution is 2.22. The molecule has 3 aromatic rings. The van der Waals surface area contributed by atoms with Gasteiger partial charge in [0.1, 0.15) is 5.76 Å². The summed E-state index contributed by atoms with van der Waals surface area (Å²) in [5.74, 6) is -0.0285. The molecule has 0 aliphatic heterocycles. The average molecular weight is 378 g/mol. The highest BCUT2D eigenvalue weighted by molar-refractivity contribution is 6.01. The number of rotatable bonds is 8. The summed E-state index contributed by atoms with van der Waals surface area (Å²) in [5, 5.41) is 5.98. The van der Waals surface area contributed by atoms with E-state index in [1.165, 1.54) is 0 Å². The van der Waals surface area contributed by atoms with Crippen LogP contribution in [0.4, 0.5) is 5.69 Å². The van der Waals surface area contributed by atoms with Crippen molar-refractivity contribution in [1.82, 2.24) is 5.32 Å². The van der Waals surface area contributed by atoms with Crippen LogP contribution in [0.1, 0.15) is 34.6 Å². The molecule has 1 heterocycles. The molecule has 0 saturated heterocycles. The van der Waals surface area contributed by atoms with Gasteiger partial charge in [0.05, 0.1) is 36.7 Å². The fraction of sp³-hybridized carbons (Fsp3) is 0.182. The van der Waals surface area contributed by atoms with E-state index in [0.29, 0.717) is 17.0 Å². The van der Waals surface area contributed by atoms with Gasteiger partial charge in [0.2, 0.25) is 5.91 Å². The molecule has 0 saturated carbocycles. The first kappa shape index (κ1) is 19.4. The Balaban J connectivity index is 1.69. The van der Waals surface area contributed by atoms with Crippen LogP contribution in [0.25, 0.3) is 0 Å². The molecule has 0 fully saturated rings. The Morgan fingerprint density at radius 2 is 1.75 bits per heavy atom. The lowest BCUT2D eigenvalue weighted by Crippen LogP contribution is -2.32. The van der Waals surface area contributed by atoms with E-state index in [2.05, 4.69) is 10.6 Å². The molecule has 6 heteroatoms. The Morgan fingerprint density at radius 1 is 1.00 bits per heavy atom. The van der Waals surface area contributed by atoms with Crippen molar-refractivity contribution in [2.75, 3.05) is 18.5 Å². The maximum Gasteiger partial charge on any atom is 0.340 e. The fourth-order valence-corrected chi connectivity index (χ4v) is 2.85. The van der Waals surface area contributed by atoms with Gasteiger partial charge in [-0.25, -0.2) is 4.79 Å². The fourth-order valence-electron chi connectivity index (χ4n) is 2.85. The maximum atomic E-state index is 12.5. The molecule has 1 atom stereocenters. The molecule has 0 bridgehead atoms. The maximum absolute atomic E-state index is 12.5. The zero-order chi connectivity index (χ0) is 19.8.